The number of allylic oxidation sites excluding steroid dienone is 2. The van der Waals surface area contributed by atoms with Crippen LogP contribution in [0.25, 0.3) is 0 Å². The van der Waals surface area contributed by atoms with Crippen molar-refractivity contribution in [3.63, 3.8) is 0 Å². The van der Waals surface area contributed by atoms with Crippen molar-refractivity contribution in [2.75, 3.05) is 10.2 Å². The minimum atomic E-state index is -0.308. The Bertz CT molecular complexity index is 767. The summed E-state index contributed by atoms with van der Waals surface area (Å²) in [6.07, 6.45) is 4.96. The summed E-state index contributed by atoms with van der Waals surface area (Å²) in [5.74, 6) is -0.961. The zero-order valence-corrected chi connectivity index (χ0v) is 14.3. The highest BCUT2D eigenvalue weighted by atomic mass is 35.5. The maximum atomic E-state index is 12.8. The molecule has 4 atom stereocenters. The average molecular weight is 365 g/mol. The molecule has 0 aromatic heterocycles. The van der Waals surface area contributed by atoms with Gasteiger partial charge in [0.25, 0.3) is 0 Å². The van der Waals surface area contributed by atoms with Gasteiger partial charge in [-0.3, -0.25) is 14.4 Å². The summed E-state index contributed by atoms with van der Waals surface area (Å²) in [5, 5.41) is 2.92. The van der Waals surface area contributed by atoms with Crippen LogP contribution >= 0.6 is 23.2 Å². The second-order valence-electron chi connectivity index (χ2n) is 6.48. The van der Waals surface area contributed by atoms with Crippen LogP contribution in [0.4, 0.5) is 11.4 Å². The lowest BCUT2D eigenvalue weighted by atomic mass is 9.85. The topological polar surface area (TPSA) is 66.5 Å². The molecule has 1 saturated heterocycles. The number of carbonyl (C=O) groups excluding carboxylic acids is 3. The lowest BCUT2D eigenvalue weighted by molar-refractivity contribution is -0.123. The number of imide groups is 1. The molecule has 24 heavy (non-hydrogen) atoms. The largest absolute Gasteiger partial charge is 0.324 e. The third-order valence-corrected chi connectivity index (χ3v) is 5.65. The molecule has 2 aliphatic carbocycles. The fraction of sp³-hybridized carbons (Fsp3) is 0.353. The normalized spacial score (nSPS) is 30.2. The first-order valence-electron chi connectivity index (χ1n) is 7.71. The Morgan fingerprint density at radius 2 is 1.58 bits per heavy atom. The molecule has 1 aromatic carbocycles. The molecule has 3 aliphatic rings. The van der Waals surface area contributed by atoms with Gasteiger partial charge >= 0.3 is 0 Å². The number of amides is 3. The fourth-order valence-electron chi connectivity index (χ4n) is 4.14. The van der Waals surface area contributed by atoms with Gasteiger partial charge in [0, 0.05) is 6.92 Å². The molecule has 4 rings (SSSR count). The second kappa shape index (κ2) is 5.33. The second-order valence-corrected chi connectivity index (χ2v) is 7.29. The maximum absolute atomic E-state index is 12.8. The average Bonchev–Trinajstić information content (AvgIpc) is 3.17. The molecule has 7 heteroatoms. The zero-order valence-electron chi connectivity index (χ0n) is 12.8. The van der Waals surface area contributed by atoms with Crippen molar-refractivity contribution in [3.05, 3.63) is 34.3 Å². The van der Waals surface area contributed by atoms with E-state index in [1.165, 1.54) is 24.0 Å². The van der Waals surface area contributed by atoms with E-state index in [2.05, 4.69) is 5.32 Å². The first-order chi connectivity index (χ1) is 11.4. The molecule has 1 aliphatic heterocycles. The molecule has 0 radical (unpaired) electrons. The third kappa shape index (κ3) is 2.11. The summed E-state index contributed by atoms with van der Waals surface area (Å²) in [6, 6.07) is 2.98. The van der Waals surface area contributed by atoms with Gasteiger partial charge in [-0.1, -0.05) is 35.4 Å². The number of rotatable bonds is 2. The van der Waals surface area contributed by atoms with Crippen molar-refractivity contribution in [3.8, 4) is 0 Å². The monoisotopic (exact) mass is 364 g/mol. The van der Waals surface area contributed by atoms with Crippen LogP contribution in [0.5, 0.6) is 0 Å². The van der Waals surface area contributed by atoms with Gasteiger partial charge in [-0.05, 0) is 30.4 Å². The molecule has 3 amide bonds. The van der Waals surface area contributed by atoms with E-state index in [9.17, 15) is 14.4 Å². The Hall–Kier alpha value is -1.85. The van der Waals surface area contributed by atoms with E-state index < -0.39 is 0 Å². The van der Waals surface area contributed by atoms with E-state index >= 15 is 0 Å². The van der Waals surface area contributed by atoms with Crippen LogP contribution in [0.1, 0.15) is 13.3 Å². The molecule has 1 N–H and O–H groups in total. The standard InChI is InChI=1S/C17H14Cl2N2O3/c1-7(22)20-15-11(18)5-10(6-12(15)19)21-16(23)13-8-2-3-9(4-8)14(13)17(21)24/h2-3,5-6,8-9,13-14H,4H2,1H3,(H,20,22)/t8-,9-,13-,14+/m0/s1. The summed E-state index contributed by atoms with van der Waals surface area (Å²) in [7, 11) is 0. The third-order valence-electron chi connectivity index (χ3n) is 5.06. The van der Waals surface area contributed by atoms with Crippen molar-refractivity contribution < 1.29 is 14.4 Å². The predicted molar refractivity (Wildman–Crippen MR) is 91.0 cm³/mol. The molecule has 1 saturated carbocycles. The SMILES string of the molecule is CC(=O)Nc1c(Cl)cc(N2C(=O)[C@@H]3[C@H](C2=O)[C@H]2C=C[C@H]3C2)cc1Cl. The van der Waals surface area contributed by atoms with Crippen LogP contribution < -0.4 is 10.2 Å². The van der Waals surface area contributed by atoms with Crippen molar-refractivity contribution in [2.24, 2.45) is 23.7 Å². The van der Waals surface area contributed by atoms with E-state index in [1.807, 2.05) is 12.2 Å². The van der Waals surface area contributed by atoms with Crippen LogP contribution in [-0.2, 0) is 14.4 Å². The van der Waals surface area contributed by atoms with Crippen molar-refractivity contribution in [2.45, 2.75) is 13.3 Å². The van der Waals surface area contributed by atoms with E-state index in [1.54, 1.807) is 0 Å². The van der Waals surface area contributed by atoms with Crippen LogP contribution in [0.2, 0.25) is 10.0 Å². The maximum Gasteiger partial charge on any atom is 0.238 e. The number of nitrogens with one attached hydrogen (secondary N) is 1. The number of halogens is 2. The molecule has 2 fully saturated rings. The van der Waals surface area contributed by atoms with Crippen LogP contribution in [-0.4, -0.2) is 17.7 Å². The number of fused-ring (bicyclic) bond motifs is 5. The van der Waals surface area contributed by atoms with Gasteiger partial charge in [0.05, 0.1) is 33.3 Å². The van der Waals surface area contributed by atoms with Gasteiger partial charge in [-0.2, -0.15) is 0 Å². The van der Waals surface area contributed by atoms with E-state index in [0.717, 1.165) is 6.42 Å². The van der Waals surface area contributed by atoms with E-state index in [-0.39, 0.29) is 57.1 Å². The number of carbonyl (C=O) groups is 3. The van der Waals surface area contributed by atoms with Gasteiger partial charge in [-0.25, -0.2) is 4.90 Å². The van der Waals surface area contributed by atoms with Crippen molar-refractivity contribution >= 4 is 52.3 Å². The van der Waals surface area contributed by atoms with Gasteiger partial charge in [-0.15, -0.1) is 0 Å². The number of anilines is 2. The van der Waals surface area contributed by atoms with Crippen LogP contribution in [0, 0.1) is 23.7 Å². The summed E-state index contributed by atoms with van der Waals surface area (Å²) in [5.41, 5.74) is 0.624. The quantitative estimate of drug-likeness (QED) is 0.646. The molecule has 0 spiro atoms. The van der Waals surface area contributed by atoms with Gasteiger partial charge in [0.2, 0.25) is 17.7 Å². The Kier molecular flexibility index (Phi) is 3.48. The molecule has 1 heterocycles. The number of benzene rings is 1. The molecular formula is C17H14Cl2N2O3. The molecule has 1 aromatic rings. The van der Waals surface area contributed by atoms with Gasteiger partial charge < -0.3 is 5.32 Å². The van der Waals surface area contributed by atoms with Crippen molar-refractivity contribution in [1.29, 1.82) is 0 Å². The Labute approximate surface area is 148 Å². The van der Waals surface area contributed by atoms with E-state index in [4.69, 9.17) is 23.2 Å². The summed E-state index contributed by atoms with van der Waals surface area (Å²) >= 11 is 12.4. The smallest absolute Gasteiger partial charge is 0.238 e. The number of hydrogen-bond donors (Lipinski definition) is 1. The minimum absolute atomic E-state index is 0.144. The van der Waals surface area contributed by atoms with Gasteiger partial charge in [0.15, 0.2) is 0 Å². The Morgan fingerprint density at radius 3 is 2.04 bits per heavy atom. The lowest BCUT2D eigenvalue weighted by Gasteiger charge is -2.19. The molecule has 0 unspecified atom stereocenters. The summed E-state index contributed by atoms with van der Waals surface area (Å²) in [6.45, 7) is 1.35. The molecule has 124 valence electrons. The van der Waals surface area contributed by atoms with Gasteiger partial charge in [0.1, 0.15) is 0 Å². The Morgan fingerprint density at radius 1 is 1.08 bits per heavy atom. The number of nitrogens with zero attached hydrogens (tertiary/aromatic N) is 1. The molecule has 2 bridgehead atoms. The molecule has 5 nitrogen and oxygen atoms in total. The molecular weight excluding hydrogens is 351 g/mol. The fourth-order valence-corrected chi connectivity index (χ4v) is 4.71. The highest BCUT2D eigenvalue weighted by molar-refractivity contribution is 6.40. The number of hydrogen-bond acceptors (Lipinski definition) is 3. The highest BCUT2D eigenvalue weighted by Gasteiger charge is 2.59. The first kappa shape index (κ1) is 15.7. The minimum Gasteiger partial charge on any atom is -0.324 e. The highest BCUT2D eigenvalue weighted by Crippen LogP contribution is 2.53. The van der Waals surface area contributed by atoms with Crippen LogP contribution in [0.15, 0.2) is 24.3 Å². The first-order valence-corrected chi connectivity index (χ1v) is 8.47. The van der Waals surface area contributed by atoms with Crippen LogP contribution in [0.3, 0.4) is 0 Å². The van der Waals surface area contributed by atoms with Crippen molar-refractivity contribution in [1.82, 2.24) is 0 Å². The summed E-state index contributed by atoms with van der Waals surface area (Å²) < 4.78 is 0. The Balaban J connectivity index is 1.71. The predicted octanol–water partition coefficient (Wildman–Crippen LogP) is 3.26. The lowest BCUT2D eigenvalue weighted by Crippen LogP contribution is -2.32. The zero-order chi connectivity index (χ0) is 17.2. The summed E-state index contributed by atoms with van der Waals surface area (Å²) in [4.78, 5) is 38.0. The van der Waals surface area contributed by atoms with E-state index in [0.29, 0.717) is 5.69 Å².